The second kappa shape index (κ2) is 7.99. The van der Waals surface area contributed by atoms with E-state index in [2.05, 4.69) is 15.2 Å². The zero-order valence-electron chi connectivity index (χ0n) is 15.0. The van der Waals surface area contributed by atoms with E-state index in [1.165, 1.54) is 4.68 Å². The Morgan fingerprint density at radius 1 is 1.33 bits per heavy atom. The topological polar surface area (TPSA) is 120 Å². The molecule has 27 heavy (non-hydrogen) atoms. The van der Waals surface area contributed by atoms with Gasteiger partial charge in [-0.3, -0.25) is 4.79 Å². The first-order valence-corrected chi connectivity index (χ1v) is 8.80. The van der Waals surface area contributed by atoms with Gasteiger partial charge in [-0.1, -0.05) is 28.9 Å². The average Bonchev–Trinajstić information content (AvgIpc) is 3.06. The summed E-state index contributed by atoms with van der Waals surface area (Å²) in [5, 5.41) is 18.9. The van der Waals surface area contributed by atoms with Crippen molar-refractivity contribution >= 4 is 11.6 Å². The molecule has 0 aliphatic rings. The quantitative estimate of drug-likeness (QED) is 0.660. The molecule has 2 aromatic heterocycles. The highest BCUT2D eigenvalue weighted by atomic mass is 35.5. The highest BCUT2D eigenvalue weighted by Gasteiger charge is 2.16. The Kier molecular flexibility index (Phi) is 5.69. The lowest BCUT2D eigenvalue weighted by atomic mass is 10.1. The Balaban J connectivity index is 1.72. The smallest absolute Gasteiger partial charge is 0.270 e. The van der Waals surface area contributed by atoms with Crippen molar-refractivity contribution in [3.63, 3.8) is 0 Å². The summed E-state index contributed by atoms with van der Waals surface area (Å²) in [7, 11) is 0. The van der Waals surface area contributed by atoms with Crippen LogP contribution in [0.3, 0.4) is 0 Å². The summed E-state index contributed by atoms with van der Waals surface area (Å²) < 4.78 is 6.42. The van der Waals surface area contributed by atoms with E-state index in [1.807, 2.05) is 0 Å². The lowest BCUT2D eigenvalue weighted by molar-refractivity contribution is 0.174. The van der Waals surface area contributed by atoms with Crippen LogP contribution in [0.1, 0.15) is 47.5 Å². The van der Waals surface area contributed by atoms with Crippen molar-refractivity contribution in [3.8, 4) is 0 Å². The van der Waals surface area contributed by atoms with Crippen LogP contribution in [-0.4, -0.2) is 25.0 Å². The van der Waals surface area contributed by atoms with E-state index in [0.29, 0.717) is 27.5 Å². The Hall–Kier alpha value is -2.55. The lowest BCUT2D eigenvalue weighted by Gasteiger charge is -2.10. The minimum absolute atomic E-state index is 0.0446. The fourth-order valence-electron chi connectivity index (χ4n) is 2.71. The van der Waals surface area contributed by atoms with Gasteiger partial charge in [0.2, 0.25) is 5.89 Å². The molecule has 0 unspecified atom stereocenters. The Morgan fingerprint density at radius 3 is 2.70 bits per heavy atom. The normalized spacial score (nSPS) is 13.5. The first kappa shape index (κ1) is 19.2. The van der Waals surface area contributed by atoms with E-state index < -0.39 is 6.10 Å². The summed E-state index contributed by atoms with van der Waals surface area (Å²) >= 11 is 5.85. The van der Waals surface area contributed by atoms with Crippen LogP contribution in [0.2, 0.25) is 5.02 Å². The molecule has 2 atom stereocenters. The largest absolute Gasteiger partial charge is 0.388 e. The van der Waals surface area contributed by atoms with Gasteiger partial charge in [-0.05, 0) is 37.1 Å². The molecule has 0 saturated carbocycles. The third kappa shape index (κ3) is 4.41. The standard InChI is InChI=1S/C18H20ClN5O3/c1-10-14(11(2)20)8-21-24(18(10)26)9-17-22-16(23-27-17)7-15(25)12-3-5-13(19)6-4-12/h3-6,8,11,15,25H,7,9,20H2,1-2H3/t11-,15+/m1/s1. The van der Waals surface area contributed by atoms with Gasteiger partial charge >= 0.3 is 0 Å². The van der Waals surface area contributed by atoms with Crippen LogP contribution < -0.4 is 11.3 Å². The van der Waals surface area contributed by atoms with E-state index in [0.717, 1.165) is 0 Å². The van der Waals surface area contributed by atoms with E-state index in [9.17, 15) is 9.90 Å². The number of aliphatic hydroxyl groups excluding tert-OH is 1. The molecule has 142 valence electrons. The predicted molar refractivity (Wildman–Crippen MR) is 99.4 cm³/mol. The molecular formula is C18H20ClN5O3. The van der Waals surface area contributed by atoms with Crippen molar-refractivity contribution in [1.29, 1.82) is 0 Å². The van der Waals surface area contributed by atoms with Crippen molar-refractivity contribution in [1.82, 2.24) is 19.9 Å². The van der Waals surface area contributed by atoms with Gasteiger partial charge in [-0.2, -0.15) is 10.1 Å². The maximum Gasteiger partial charge on any atom is 0.270 e. The van der Waals surface area contributed by atoms with E-state index >= 15 is 0 Å². The molecule has 0 amide bonds. The van der Waals surface area contributed by atoms with E-state index in [1.54, 1.807) is 44.3 Å². The van der Waals surface area contributed by atoms with Crippen molar-refractivity contribution in [3.05, 3.63) is 74.2 Å². The molecule has 8 nitrogen and oxygen atoms in total. The Morgan fingerprint density at radius 2 is 2.04 bits per heavy atom. The summed E-state index contributed by atoms with van der Waals surface area (Å²) in [6.07, 6.45) is 0.958. The zero-order valence-corrected chi connectivity index (χ0v) is 15.7. The van der Waals surface area contributed by atoms with Crippen molar-refractivity contribution < 1.29 is 9.63 Å². The summed E-state index contributed by atoms with van der Waals surface area (Å²) in [6, 6.07) is 6.60. The molecule has 2 heterocycles. The zero-order chi connectivity index (χ0) is 19.6. The maximum atomic E-state index is 12.4. The second-order valence-corrected chi connectivity index (χ2v) is 6.79. The van der Waals surface area contributed by atoms with Crippen LogP contribution in [0, 0.1) is 6.92 Å². The third-order valence-electron chi connectivity index (χ3n) is 4.24. The average molecular weight is 390 g/mol. The highest BCUT2D eigenvalue weighted by molar-refractivity contribution is 6.30. The molecule has 9 heteroatoms. The molecule has 0 saturated heterocycles. The third-order valence-corrected chi connectivity index (χ3v) is 4.49. The second-order valence-electron chi connectivity index (χ2n) is 6.35. The fraction of sp³-hybridized carbons (Fsp3) is 0.333. The first-order chi connectivity index (χ1) is 12.8. The van der Waals surface area contributed by atoms with Crippen LogP contribution in [0.4, 0.5) is 0 Å². The maximum absolute atomic E-state index is 12.4. The molecule has 0 aliphatic heterocycles. The summed E-state index contributed by atoms with van der Waals surface area (Å²) in [5.41, 5.74) is 7.52. The number of halogens is 1. The molecule has 0 radical (unpaired) electrons. The predicted octanol–water partition coefficient (Wildman–Crippen LogP) is 1.93. The van der Waals surface area contributed by atoms with Crippen LogP contribution in [0.15, 0.2) is 39.8 Å². The van der Waals surface area contributed by atoms with Gasteiger partial charge < -0.3 is 15.4 Å². The van der Waals surface area contributed by atoms with Gasteiger partial charge in [0, 0.05) is 23.0 Å². The van der Waals surface area contributed by atoms with Gasteiger partial charge in [0.15, 0.2) is 5.82 Å². The number of rotatable bonds is 6. The monoisotopic (exact) mass is 389 g/mol. The summed E-state index contributed by atoms with van der Waals surface area (Å²) in [5.74, 6) is 0.570. The Bertz CT molecular complexity index is 981. The number of aliphatic hydroxyl groups is 1. The molecule has 1 aromatic carbocycles. The van der Waals surface area contributed by atoms with Crippen molar-refractivity contribution in [2.75, 3.05) is 0 Å². The minimum Gasteiger partial charge on any atom is -0.388 e. The minimum atomic E-state index is -0.791. The molecular weight excluding hydrogens is 370 g/mol. The number of nitrogens with two attached hydrogens (primary N) is 1. The van der Waals surface area contributed by atoms with Gasteiger partial charge in [0.25, 0.3) is 5.56 Å². The molecule has 3 rings (SSSR count). The highest BCUT2D eigenvalue weighted by Crippen LogP contribution is 2.19. The number of hydrogen-bond donors (Lipinski definition) is 2. The summed E-state index contributed by atoms with van der Waals surface area (Å²) in [6.45, 7) is 3.55. The number of benzene rings is 1. The van der Waals surface area contributed by atoms with Crippen molar-refractivity contribution in [2.45, 2.75) is 39.0 Å². The van der Waals surface area contributed by atoms with Gasteiger partial charge in [0.05, 0.1) is 12.3 Å². The molecule has 0 bridgehead atoms. The van der Waals surface area contributed by atoms with Gasteiger partial charge in [-0.25, -0.2) is 4.68 Å². The first-order valence-electron chi connectivity index (χ1n) is 8.42. The number of aromatic nitrogens is 4. The van der Waals surface area contributed by atoms with Gasteiger partial charge in [0.1, 0.15) is 6.54 Å². The number of nitrogens with zero attached hydrogens (tertiary/aromatic N) is 4. The molecule has 3 N–H and O–H groups in total. The van der Waals surface area contributed by atoms with Crippen molar-refractivity contribution in [2.24, 2.45) is 5.73 Å². The van der Waals surface area contributed by atoms with Gasteiger partial charge in [-0.15, -0.1) is 0 Å². The number of hydrogen-bond acceptors (Lipinski definition) is 7. The fourth-order valence-corrected chi connectivity index (χ4v) is 2.84. The van der Waals surface area contributed by atoms with E-state index in [-0.39, 0.29) is 30.5 Å². The molecule has 0 spiro atoms. The SMILES string of the molecule is Cc1c([C@@H](C)N)cnn(Cc2nc(C[C@H](O)c3ccc(Cl)cc3)no2)c1=O. The van der Waals surface area contributed by atoms with Crippen LogP contribution in [0.25, 0.3) is 0 Å². The molecule has 3 aromatic rings. The van der Waals surface area contributed by atoms with Crippen LogP contribution in [0.5, 0.6) is 0 Å². The lowest BCUT2D eigenvalue weighted by Crippen LogP contribution is -2.28. The molecule has 0 aliphatic carbocycles. The van der Waals surface area contributed by atoms with E-state index in [4.69, 9.17) is 21.9 Å². The summed E-state index contributed by atoms with van der Waals surface area (Å²) in [4.78, 5) is 16.6. The molecule has 0 fully saturated rings. The van der Waals surface area contributed by atoms with Crippen LogP contribution in [-0.2, 0) is 13.0 Å². The van der Waals surface area contributed by atoms with Crippen LogP contribution >= 0.6 is 11.6 Å². The Labute approximate surface area is 160 Å².